The van der Waals surface area contributed by atoms with Crippen molar-refractivity contribution in [2.75, 3.05) is 0 Å². The van der Waals surface area contributed by atoms with Gasteiger partial charge in [0, 0.05) is 0 Å². The first-order valence-electron chi connectivity index (χ1n) is 8.30. The summed E-state index contributed by atoms with van der Waals surface area (Å²) in [6, 6.07) is 9.06. The van der Waals surface area contributed by atoms with E-state index in [0.29, 0.717) is 0 Å². The Bertz CT molecular complexity index is 309. The minimum atomic E-state index is 0.723. The van der Waals surface area contributed by atoms with Crippen LogP contribution < -0.4 is 0 Å². The first-order chi connectivity index (χ1) is 9.24. The lowest BCUT2D eigenvalue weighted by Crippen LogP contribution is -1.93. The smallest absolute Gasteiger partial charge is 0.0190 e. The van der Waals surface area contributed by atoms with E-state index < -0.39 is 0 Å². The van der Waals surface area contributed by atoms with Gasteiger partial charge in [-0.3, -0.25) is 0 Å². The Hall–Kier alpha value is -0.780. The number of unbranched alkanes of at least 4 members (excludes halogenated alkanes) is 7. The molecule has 0 radical (unpaired) electrons. The lowest BCUT2D eigenvalue weighted by molar-refractivity contribution is 0.543. The van der Waals surface area contributed by atoms with Crippen molar-refractivity contribution < 1.29 is 0 Å². The molecule has 0 heterocycles. The van der Waals surface area contributed by atoms with Gasteiger partial charge in [-0.15, -0.1) is 0 Å². The molecule has 1 atom stereocenters. The molecule has 1 rings (SSSR count). The van der Waals surface area contributed by atoms with Gasteiger partial charge in [-0.05, 0) is 24.8 Å². The van der Waals surface area contributed by atoms with Crippen LogP contribution in [0.3, 0.4) is 0 Å². The maximum atomic E-state index is 2.37. The predicted molar refractivity (Wildman–Crippen MR) is 86.8 cm³/mol. The maximum Gasteiger partial charge on any atom is -0.0190 e. The molecule has 0 spiro atoms. The Morgan fingerprint density at radius 3 is 1.89 bits per heavy atom. The quantitative estimate of drug-likeness (QED) is 0.414. The molecular formula is C19H32. The van der Waals surface area contributed by atoms with E-state index in [4.69, 9.17) is 0 Å². The summed E-state index contributed by atoms with van der Waals surface area (Å²) in [4.78, 5) is 0. The van der Waals surface area contributed by atoms with Gasteiger partial charge in [0.05, 0.1) is 0 Å². The van der Waals surface area contributed by atoms with Crippen molar-refractivity contribution >= 4 is 0 Å². The van der Waals surface area contributed by atoms with E-state index in [0.717, 1.165) is 5.92 Å². The van der Waals surface area contributed by atoms with Crippen molar-refractivity contribution in [3.05, 3.63) is 35.4 Å². The fraction of sp³-hybridized carbons (Fsp3) is 0.684. The highest BCUT2D eigenvalue weighted by molar-refractivity contribution is 5.23. The van der Waals surface area contributed by atoms with E-state index in [2.05, 4.69) is 45.0 Å². The Kier molecular flexibility index (Phi) is 8.62. The van der Waals surface area contributed by atoms with E-state index in [-0.39, 0.29) is 0 Å². The van der Waals surface area contributed by atoms with Crippen LogP contribution in [-0.4, -0.2) is 0 Å². The van der Waals surface area contributed by atoms with Crippen LogP contribution in [0, 0.1) is 6.92 Å². The highest BCUT2D eigenvalue weighted by Crippen LogP contribution is 2.22. The third kappa shape index (κ3) is 7.40. The summed E-state index contributed by atoms with van der Waals surface area (Å²) < 4.78 is 0. The molecule has 0 saturated carbocycles. The molecule has 0 aliphatic heterocycles. The van der Waals surface area contributed by atoms with Crippen molar-refractivity contribution in [1.82, 2.24) is 0 Å². The summed E-state index contributed by atoms with van der Waals surface area (Å²) in [5, 5.41) is 0. The van der Waals surface area contributed by atoms with Gasteiger partial charge in [0.2, 0.25) is 0 Å². The summed E-state index contributed by atoms with van der Waals surface area (Å²) in [7, 11) is 0. The van der Waals surface area contributed by atoms with Crippen LogP contribution in [0.5, 0.6) is 0 Å². The van der Waals surface area contributed by atoms with Gasteiger partial charge in [0.1, 0.15) is 0 Å². The summed E-state index contributed by atoms with van der Waals surface area (Å²) in [5.41, 5.74) is 2.87. The van der Waals surface area contributed by atoms with E-state index >= 15 is 0 Å². The molecule has 0 heteroatoms. The molecule has 0 bridgehead atoms. The molecule has 0 nitrogen and oxygen atoms in total. The zero-order valence-electron chi connectivity index (χ0n) is 13.3. The highest BCUT2D eigenvalue weighted by atomic mass is 14.1. The van der Waals surface area contributed by atoms with Crippen LogP contribution >= 0.6 is 0 Å². The molecule has 108 valence electrons. The first-order valence-corrected chi connectivity index (χ1v) is 8.30. The molecule has 1 aromatic carbocycles. The molecule has 0 aromatic heterocycles. The third-order valence-corrected chi connectivity index (χ3v) is 4.14. The number of benzene rings is 1. The standard InChI is InChI=1S/C19H32/c1-4-5-6-7-8-9-10-11-12-18(3)19-15-13-17(2)14-16-19/h13-16,18H,4-12H2,1-3H3. The van der Waals surface area contributed by atoms with E-state index in [1.807, 2.05) is 0 Å². The molecular weight excluding hydrogens is 228 g/mol. The van der Waals surface area contributed by atoms with Crippen LogP contribution in [0.25, 0.3) is 0 Å². The van der Waals surface area contributed by atoms with Gasteiger partial charge in [-0.2, -0.15) is 0 Å². The van der Waals surface area contributed by atoms with Gasteiger partial charge < -0.3 is 0 Å². The van der Waals surface area contributed by atoms with Crippen molar-refractivity contribution in [1.29, 1.82) is 0 Å². The van der Waals surface area contributed by atoms with Crippen molar-refractivity contribution in [2.45, 2.75) is 84.5 Å². The predicted octanol–water partition coefficient (Wildman–Crippen LogP) is 6.63. The fourth-order valence-electron chi connectivity index (χ4n) is 2.65. The van der Waals surface area contributed by atoms with Crippen LogP contribution in [-0.2, 0) is 0 Å². The number of hydrogen-bond donors (Lipinski definition) is 0. The van der Waals surface area contributed by atoms with Crippen LogP contribution in [0.4, 0.5) is 0 Å². The normalized spacial score (nSPS) is 12.6. The largest absolute Gasteiger partial charge is 0.0654 e. The number of rotatable bonds is 10. The van der Waals surface area contributed by atoms with Crippen LogP contribution in [0.1, 0.15) is 88.7 Å². The minimum Gasteiger partial charge on any atom is -0.0654 e. The second-order valence-corrected chi connectivity index (χ2v) is 6.08. The van der Waals surface area contributed by atoms with E-state index in [9.17, 15) is 0 Å². The number of aryl methyl sites for hydroxylation is 1. The Morgan fingerprint density at radius 1 is 0.789 bits per heavy atom. The van der Waals surface area contributed by atoms with E-state index in [1.54, 1.807) is 0 Å². The lowest BCUT2D eigenvalue weighted by atomic mass is 9.94. The zero-order chi connectivity index (χ0) is 13.9. The monoisotopic (exact) mass is 260 g/mol. The topological polar surface area (TPSA) is 0 Å². The Labute approximate surface area is 120 Å². The molecule has 0 aliphatic rings. The molecule has 1 aromatic rings. The molecule has 0 amide bonds. The molecule has 19 heavy (non-hydrogen) atoms. The SMILES string of the molecule is CCCCCCCCCCC(C)c1ccc(C)cc1. The van der Waals surface area contributed by atoms with Gasteiger partial charge in [-0.25, -0.2) is 0 Å². The Morgan fingerprint density at radius 2 is 1.32 bits per heavy atom. The van der Waals surface area contributed by atoms with Crippen molar-refractivity contribution in [3.63, 3.8) is 0 Å². The molecule has 0 aliphatic carbocycles. The summed E-state index contributed by atoms with van der Waals surface area (Å²) in [5.74, 6) is 0.723. The minimum absolute atomic E-state index is 0.723. The molecule has 0 saturated heterocycles. The lowest BCUT2D eigenvalue weighted by Gasteiger charge is -2.12. The van der Waals surface area contributed by atoms with Crippen molar-refractivity contribution in [2.24, 2.45) is 0 Å². The molecule has 0 N–H and O–H groups in total. The Balaban J connectivity index is 2.04. The average molecular weight is 260 g/mol. The van der Waals surface area contributed by atoms with Crippen molar-refractivity contribution in [3.8, 4) is 0 Å². The van der Waals surface area contributed by atoms with Gasteiger partial charge in [0.25, 0.3) is 0 Å². The average Bonchev–Trinajstić information content (AvgIpc) is 2.42. The maximum absolute atomic E-state index is 2.37. The summed E-state index contributed by atoms with van der Waals surface area (Å²) in [6.07, 6.45) is 12.7. The second kappa shape index (κ2) is 10.1. The fourth-order valence-corrected chi connectivity index (χ4v) is 2.65. The summed E-state index contributed by atoms with van der Waals surface area (Å²) in [6.45, 7) is 6.81. The summed E-state index contributed by atoms with van der Waals surface area (Å²) >= 11 is 0. The zero-order valence-corrected chi connectivity index (χ0v) is 13.3. The van der Waals surface area contributed by atoms with E-state index in [1.165, 1.54) is 68.9 Å². The highest BCUT2D eigenvalue weighted by Gasteiger charge is 2.04. The number of hydrogen-bond acceptors (Lipinski definition) is 0. The van der Waals surface area contributed by atoms with Crippen LogP contribution in [0.15, 0.2) is 24.3 Å². The van der Waals surface area contributed by atoms with Crippen LogP contribution in [0.2, 0.25) is 0 Å². The third-order valence-electron chi connectivity index (χ3n) is 4.14. The van der Waals surface area contributed by atoms with Gasteiger partial charge in [-0.1, -0.05) is 95.0 Å². The van der Waals surface area contributed by atoms with Gasteiger partial charge in [0.15, 0.2) is 0 Å². The first kappa shape index (κ1) is 16.3. The molecule has 0 fully saturated rings. The van der Waals surface area contributed by atoms with Gasteiger partial charge >= 0.3 is 0 Å². The molecule has 1 unspecified atom stereocenters. The second-order valence-electron chi connectivity index (χ2n) is 6.08.